The van der Waals surface area contributed by atoms with E-state index in [1.54, 1.807) is 4.31 Å². The molecule has 2 rings (SSSR count). The van der Waals surface area contributed by atoms with Crippen LogP contribution in [-0.2, 0) is 20.2 Å². The number of hydrogen-bond acceptors (Lipinski definition) is 3. The molecule has 4 nitrogen and oxygen atoms in total. The monoisotopic (exact) mass is 325 g/mol. The summed E-state index contributed by atoms with van der Waals surface area (Å²) < 4.78 is 33.3. The van der Waals surface area contributed by atoms with E-state index < -0.39 is 10.0 Å². The van der Waals surface area contributed by atoms with E-state index in [1.165, 1.54) is 0 Å². The fourth-order valence-corrected chi connectivity index (χ4v) is 4.65. The molecule has 1 heterocycles. The number of sulfonamides is 1. The fourth-order valence-electron chi connectivity index (χ4n) is 2.81. The molecule has 1 aromatic rings. The second-order valence-corrected chi connectivity index (χ2v) is 9.22. The topological polar surface area (TPSA) is 46.6 Å². The summed E-state index contributed by atoms with van der Waals surface area (Å²) in [6, 6.07) is 5.75. The van der Waals surface area contributed by atoms with Crippen molar-refractivity contribution in [3.8, 4) is 0 Å². The zero-order valence-electron chi connectivity index (χ0n) is 14.4. The largest absolute Gasteiger partial charge is 0.373 e. The number of morpholine rings is 1. The third-order valence-corrected chi connectivity index (χ3v) is 6.03. The summed E-state index contributed by atoms with van der Waals surface area (Å²) in [5, 5.41) is 0. The van der Waals surface area contributed by atoms with Crippen LogP contribution in [0.1, 0.15) is 45.7 Å². The molecule has 124 valence electrons. The van der Waals surface area contributed by atoms with Gasteiger partial charge in [-0.25, -0.2) is 8.42 Å². The lowest BCUT2D eigenvalue weighted by Gasteiger charge is -2.35. The van der Waals surface area contributed by atoms with Gasteiger partial charge in [-0.05, 0) is 43.4 Å². The van der Waals surface area contributed by atoms with Gasteiger partial charge in [0, 0.05) is 13.1 Å². The van der Waals surface area contributed by atoms with Gasteiger partial charge >= 0.3 is 0 Å². The SMILES string of the molecule is Cc1ccc(C(C)(C)C)cc1S(=O)(=O)N1C[C@H](C)O[C@@H](C)C1. The Labute approximate surface area is 134 Å². The van der Waals surface area contributed by atoms with Crippen LogP contribution < -0.4 is 0 Å². The third-order valence-electron chi connectivity index (χ3n) is 4.06. The summed E-state index contributed by atoms with van der Waals surface area (Å²) >= 11 is 0. The molecule has 1 fully saturated rings. The summed E-state index contributed by atoms with van der Waals surface area (Å²) in [6.45, 7) is 12.8. The third kappa shape index (κ3) is 3.53. The minimum atomic E-state index is -3.49. The highest BCUT2D eigenvalue weighted by Crippen LogP contribution is 2.29. The van der Waals surface area contributed by atoms with Crippen molar-refractivity contribution in [2.75, 3.05) is 13.1 Å². The van der Waals surface area contributed by atoms with Crippen molar-refractivity contribution in [1.29, 1.82) is 0 Å². The smallest absolute Gasteiger partial charge is 0.243 e. The summed E-state index contributed by atoms with van der Waals surface area (Å²) in [5.41, 5.74) is 1.75. The molecule has 0 aliphatic carbocycles. The predicted molar refractivity (Wildman–Crippen MR) is 88.6 cm³/mol. The molecule has 1 aliphatic rings. The van der Waals surface area contributed by atoms with Crippen molar-refractivity contribution >= 4 is 10.0 Å². The molecule has 1 saturated heterocycles. The summed E-state index contributed by atoms with van der Waals surface area (Å²) in [5.74, 6) is 0. The summed E-state index contributed by atoms with van der Waals surface area (Å²) in [4.78, 5) is 0.418. The Morgan fingerprint density at radius 2 is 1.68 bits per heavy atom. The van der Waals surface area contributed by atoms with Gasteiger partial charge in [-0.1, -0.05) is 32.9 Å². The van der Waals surface area contributed by atoms with Gasteiger partial charge in [-0.15, -0.1) is 0 Å². The minimum absolute atomic E-state index is 0.0790. The maximum absolute atomic E-state index is 13.0. The zero-order chi connectivity index (χ0) is 16.7. The van der Waals surface area contributed by atoms with Crippen molar-refractivity contribution in [3.05, 3.63) is 29.3 Å². The van der Waals surface area contributed by atoms with E-state index in [9.17, 15) is 8.42 Å². The molecule has 0 bridgehead atoms. The average Bonchev–Trinajstić information content (AvgIpc) is 2.36. The predicted octanol–water partition coefficient (Wildman–Crippen LogP) is 3.09. The normalized spacial score (nSPS) is 24.5. The molecule has 0 radical (unpaired) electrons. The van der Waals surface area contributed by atoms with Crippen molar-refractivity contribution in [3.63, 3.8) is 0 Å². The fraction of sp³-hybridized carbons (Fsp3) is 0.647. The molecule has 5 heteroatoms. The van der Waals surface area contributed by atoms with E-state index in [0.29, 0.717) is 18.0 Å². The minimum Gasteiger partial charge on any atom is -0.373 e. The molecule has 0 unspecified atom stereocenters. The van der Waals surface area contributed by atoms with Gasteiger partial charge in [0.2, 0.25) is 10.0 Å². The maximum atomic E-state index is 13.0. The van der Waals surface area contributed by atoms with Crippen molar-refractivity contribution < 1.29 is 13.2 Å². The molecule has 2 atom stereocenters. The quantitative estimate of drug-likeness (QED) is 0.839. The molecular formula is C17H27NO3S. The molecule has 0 amide bonds. The van der Waals surface area contributed by atoms with Gasteiger partial charge in [0.1, 0.15) is 0 Å². The molecule has 0 spiro atoms. The molecule has 0 aromatic heterocycles. The number of rotatable bonds is 2. The van der Waals surface area contributed by atoms with Crippen molar-refractivity contribution in [1.82, 2.24) is 4.31 Å². The van der Waals surface area contributed by atoms with Crippen molar-refractivity contribution in [2.24, 2.45) is 0 Å². The molecule has 1 aromatic carbocycles. The standard InChI is InChI=1S/C17H27NO3S/c1-12-7-8-15(17(4,5)6)9-16(12)22(19,20)18-10-13(2)21-14(3)11-18/h7-9,13-14H,10-11H2,1-6H3/t13-,14-/m0/s1. The second-order valence-electron chi connectivity index (χ2n) is 7.31. The number of hydrogen-bond donors (Lipinski definition) is 0. The van der Waals surface area contributed by atoms with E-state index >= 15 is 0 Å². The van der Waals surface area contributed by atoms with Crippen LogP contribution in [-0.4, -0.2) is 38.0 Å². The lowest BCUT2D eigenvalue weighted by molar-refractivity contribution is -0.0441. The van der Waals surface area contributed by atoms with Gasteiger partial charge in [0.15, 0.2) is 0 Å². The van der Waals surface area contributed by atoms with Crippen LogP contribution in [0.2, 0.25) is 0 Å². The van der Waals surface area contributed by atoms with E-state index in [2.05, 4.69) is 20.8 Å². The highest BCUT2D eigenvalue weighted by molar-refractivity contribution is 7.89. The molecule has 22 heavy (non-hydrogen) atoms. The van der Waals surface area contributed by atoms with E-state index in [0.717, 1.165) is 11.1 Å². The van der Waals surface area contributed by atoms with Crippen LogP contribution in [0.4, 0.5) is 0 Å². The summed E-state index contributed by atoms with van der Waals surface area (Å²) in [6.07, 6.45) is -0.158. The Bertz CT molecular complexity index is 636. The first kappa shape index (κ1) is 17.4. The number of benzene rings is 1. The van der Waals surface area contributed by atoms with Crippen LogP contribution >= 0.6 is 0 Å². The zero-order valence-corrected chi connectivity index (χ0v) is 15.2. The van der Waals surface area contributed by atoms with Gasteiger partial charge < -0.3 is 4.74 Å². The Kier molecular flexibility index (Phi) is 4.71. The highest BCUT2D eigenvalue weighted by atomic mass is 32.2. The maximum Gasteiger partial charge on any atom is 0.243 e. The van der Waals surface area contributed by atoms with E-state index in [4.69, 9.17) is 4.74 Å². The molecule has 0 N–H and O–H groups in total. The average molecular weight is 325 g/mol. The first-order valence-corrected chi connectivity index (χ1v) is 9.22. The van der Waals surface area contributed by atoms with Crippen LogP contribution in [0.5, 0.6) is 0 Å². The van der Waals surface area contributed by atoms with Crippen LogP contribution in [0, 0.1) is 6.92 Å². The lowest BCUT2D eigenvalue weighted by atomic mass is 9.87. The van der Waals surface area contributed by atoms with Gasteiger partial charge in [0.05, 0.1) is 17.1 Å². The Morgan fingerprint density at radius 3 is 2.18 bits per heavy atom. The first-order valence-electron chi connectivity index (χ1n) is 7.78. The lowest BCUT2D eigenvalue weighted by Crippen LogP contribution is -2.48. The number of ether oxygens (including phenoxy) is 1. The number of aryl methyl sites for hydroxylation is 1. The van der Waals surface area contributed by atoms with Crippen LogP contribution in [0.3, 0.4) is 0 Å². The Balaban J connectivity index is 2.45. The highest BCUT2D eigenvalue weighted by Gasteiger charge is 2.33. The molecule has 0 saturated carbocycles. The first-order chi connectivity index (χ1) is 10.0. The van der Waals surface area contributed by atoms with Crippen molar-refractivity contribution in [2.45, 2.75) is 64.1 Å². The van der Waals surface area contributed by atoms with E-state index in [-0.39, 0.29) is 17.6 Å². The van der Waals surface area contributed by atoms with Gasteiger partial charge in [0.25, 0.3) is 0 Å². The van der Waals surface area contributed by atoms with E-state index in [1.807, 2.05) is 39.0 Å². The summed E-state index contributed by atoms with van der Waals surface area (Å²) in [7, 11) is -3.49. The Morgan fingerprint density at radius 1 is 1.14 bits per heavy atom. The molecule has 1 aliphatic heterocycles. The van der Waals surface area contributed by atoms with Crippen LogP contribution in [0.25, 0.3) is 0 Å². The van der Waals surface area contributed by atoms with Gasteiger partial charge in [-0.3, -0.25) is 0 Å². The second kappa shape index (κ2) is 5.95. The molecular weight excluding hydrogens is 298 g/mol. The number of nitrogens with zero attached hydrogens (tertiary/aromatic N) is 1. The van der Waals surface area contributed by atoms with Gasteiger partial charge in [-0.2, -0.15) is 4.31 Å². The Hall–Kier alpha value is -0.910. The van der Waals surface area contributed by atoms with Crippen LogP contribution in [0.15, 0.2) is 23.1 Å².